The number of hydrogen-bond acceptors (Lipinski definition) is 8. The van der Waals surface area contributed by atoms with Gasteiger partial charge in [-0.05, 0) is 73.7 Å². The highest BCUT2D eigenvalue weighted by Crippen LogP contribution is 2.50. The van der Waals surface area contributed by atoms with Gasteiger partial charge in [0.1, 0.15) is 23.7 Å². The van der Waals surface area contributed by atoms with Gasteiger partial charge in [0.05, 0.1) is 31.5 Å². The quantitative estimate of drug-likeness (QED) is 0.188. The molecule has 10 atom stereocenters. The first kappa shape index (κ1) is 36.7. The summed E-state index contributed by atoms with van der Waals surface area (Å²) in [7, 11) is -2.37. The Morgan fingerprint density at radius 2 is 1.89 bits per heavy atom. The van der Waals surface area contributed by atoms with Crippen molar-refractivity contribution in [2.24, 2.45) is 17.8 Å². The van der Waals surface area contributed by atoms with Crippen LogP contribution in [-0.2, 0) is 28.2 Å². The number of carbonyl (C=O) groups excluding carboxylic acids is 1. The fraction of sp³-hybridized carbons (Fsp3) is 0.763. The number of rotatable bonds is 4. The molecule has 9 heteroatoms. The summed E-state index contributed by atoms with van der Waals surface area (Å²) in [5.41, 5.74) is 0.741. The Morgan fingerprint density at radius 1 is 1.15 bits per heavy atom. The van der Waals surface area contributed by atoms with Crippen LogP contribution >= 0.6 is 0 Å². The molecule has 0 amide bonds. The maximum atomic E-state index is 14.4. The molecule has 0 aromatic heterocycles. The average Bonchev–Trinajstić information content (AvgIpc) is 3.32. The Bertz CT molecular complexity index is 1280. The zero-order valence-electron chi connectivity index (χ0n) is 30.2. The minimum atomic E-state index is -2.37. The summed E-state index contributed by atoms with van der Waals surface area (Å²) in [6.07, 6.45) is 13.1. The van der Waals surface area contributed by atoms with Crippen LogP contribution in [0.4, 0.5) is 0 Å². The fourth-order valence-electron chi connectivity index (χ4n) is 7.89. The standard InChI is InChI=1S/C38H60O8Si/c1-10-32-26(4)16-17-37(45-32)21-30-20-29(44-37)15-14-25(3)18-24(2)12-11-13-28-23-42-34-33(46-47(8,9)36(5,6)7)27(22-39)19-31(35(40)43-30)38(28,34)41/h11-14,19,24,26,29-34,39,41H,10,15-18,20-23H2,1-9H3/b12-11+,25-14+,28-13+. The maximum absolute atomic E-state index is 14.4. The van der Waals surface area contributed by atoms with Gasteiger partial charge < -0.3 is 33.6 Å². The van der Waals surface area contributed by atoms with Crippen molar-refractivity contribution < 1.29 is 38.4 Å². The van der Waals surface area contributed by atoms with Crippen molar-refractivity contribution >= 4 is 14.3 Å². The van der Waals surface area contributed by atoms with Gasteiger partial charge in [0, 0.05) is 19.3 Å². The topological polar surface area (TPSA) is 104 Å². The number of allylic oxidation sites excluding steroid dienone is 4. The highest BCUT2D eigenvalue weighted by molar-refractivity contribution is 6.74. The van der Waals surface area contributed by atoms with Crippen LogP contribution in [0.15, 0.2) is 47.1 Å². The predicted molar refractivity (Wildman–Crippen MR) is 185 cm³/mol. The van der Waals surface area contributed by atoms with Crippen LogP contribution in [0.2, 0.25) is 18.1 Å². The molecule has 5 rings (SSSR count). The van der Waals surface area contributed by atoms with Crippen molar-refractivity contribution in [1.82, 2.24) is 0 Å². The molecule has 5 aliphatic rings. The monoisotopic (exact) mass is 672 g/mol. The van der Waals surface area contributed by atoms with E-state index in [4.69, 9.17) is 23.4 Å². The van der Waals surface area contributed by atoms with Crippen LogP contribution in [-0.4, -0.2) is 79.6 Å². The molecule has 1 aliphatic carbocycles. The van der Waals surface area contributed by atoms with Crippen molar-refractivity contribution in [1.29, 1.82) is 0 Å². The third-order valence-corrected chi connectivity index (χ3v) is 16.2. The molecule has 1 spiro atoms. The number of aliphatic hydroxyl groups excluding tert-OH is 1. The first-order valence-electron chi connectivity index (χ1n) is 17.9. The maximum Gasteiger partial charge on any atom is 0.316 e. The van der Waals surface area contributed by atoms with E-state index in [1.165, 1.54) is 5.57 Å². The Labute approximate surface area is 283 Å². The van der Waals surface area contributed by atoms with E-state index >= 15 is 0 Å². The Morgan fingerprint density at radius 3 is 2.57 bits per heavy atom. The fourth-order valence-corrected chi connectivity index (χ4v) is 9.15. The summed E-state index contributed by atoms with van der Waals surface area (Å²) in [5.74, 6) is -1.71. The molecule has 47 heavy (non-hydrogen) atoms. The second-order valence-corrected chi connectivity index (χ2v) is 21.3. The summed E-state index contributed by atoms with van der Waals surface area (Å²) in [6.45, 7) is 19.3. The first-order chi connectivity index (χ1) is 22.0. The highest BCUT2D eigenvalue weighted by atomic mass is 28.4. The first-order valence-corrected chi connectivity index (χ1v) is 20.9. The van der Waals surface area contributed by atoms with Crippen LogP contribution in [0, 0.1) is 17.8 Å². The minimum Gasteiger partial charge on any atom is -0.462 e. The molecule has 264 valence electrons. The Balaban J connectivity index is 1.56. The molecular weight excluding hydrogens is 612 g/mol. The summed E-state index contributed by atoms with van der Waals surface area (Å²) in [4.78, 5) is 14.4. The van der Waals surface area contributed by atoms with Gasteiger partial charge in [0.15, 0.2) is 14.1 Å². The number of hydrogen-bond donors (Lipinski definition) is 2. The van der Waals surface area contributed by atoms with Gasteiger partial charge >= 0.3 is 5.97 Å². The summed E-state index contributed by atoms with van der Waals surface area (Å²) in [5, 5.41) is 23.3. The van der Waals surface area contributed by atoms with E-state index in [9.17, 15) is 15.0 Å². The number of esters is 1. The van der Waals surface area contributed by atoms with Gasteiger partial charge in [-0.15, -0.1) is 0 Å². The molecular formula is C38H60O8Si. The molecule has 0 aromatic carbocycles. The van der Waals surface area contributed by atoms with Gasteiger partial charge in [-0.3, -0.25) is 4.79 Å². The third kappa shape index (κ3) is 7.47. The molecule has 3 fully saturated rings. The molecule has 3 saturated heterocycles. The van der Waals surface area contributed by atoms with Gasteiger partial charge in [-0.25, -0.2) is 0 Å². The van der Waals surface area contributed by atoms with Crippen molar-refractivity contribution in [3.05, 3.63) is 47.1 Å². The van der Waals surface area contributed by atoms with Crippen molar-refractivity contribution in [2.45, 2.75) is 153 Å². The normalized spacial score (nSPS) is 43.2. The molecule has 4 heterocycles. The van der Waals surface area contributed by atoms with E-state index < -0.39 is 49.9 Å². The zero-order chi connectivity index (χ0) is 34.4. The molecule has 10 unspecified atom stereocenters. The Hall–Kier alpha value is -1.59. The smallest absolute Gasteiger partial charge is 0.316 e. The molecule has 4 aliphatic heterocycles. The average molecular weight is 673 g/mol. The molecule has 8 nitrogen and oxygen atoms in total. The number of carbonyl (C=O) groups is 1. The largest absolute Gasteiger partial charge is 0.462 e. The number of aliphatic hydroxyl groups is 2. The highest BCUT2D eigenvalue weighted by Gasteiger charge is 2.62. The van der Waals surface area contributed by atoms with Gasteiger partial charge in [-0.2, -0.15) is 0 Å². The second-order valence-electron chi connectivity index (χ2n) is 16.5. The molecule has 2 bridgehead atoms. The summed E-state index contributed by atoms with van der Waals surface area (Å²) >= 11 is 0. The van der Waals surface area contributed by atoms with Crippen LogP contribution < -0.4 is 0 Å². The van der Waals surface area contributed by atoms with E-state index in [2.05, 4.69) is 73.7 Å². The lowest BCUT2D eigenvalue weighted by Gasteiger charge is -2.50. The van der Waals surface area contributed by atoms with Crippen LogP contribution in [0.5, 0.6) is 0 Å². The number of ether oxygens (including phenoxy) is 4. The van der Waals surface area contributed by atoms with Crippen molar-refractivity contribution in [3.63, 3.8) is 0 Å². The third-order valence-electron chi connectivity index (χ3n) is 11.7. The van der Waals surface area contributed by atoms with E-state index in [1.54, 1.807) is 6.08 Å². The van der Waals surface area contributed by atoms with Crippen molar-refractivity contribution in [3.8, 4) is 0 Å². The second kappa shape index (κ2) is 14.0. The van der Waals surface area contributed by atoms with Gasteiger partial charge in [-0.1, -0.05) is 77.5 Å². The van der Waals surface area contributed by atoms with Crippen LogP contribution in [0.25, 0.3) is 0 Å². The summed E-state index contributed by atoms with van der Waals surface area (Å²) in [6, 6.07) is 0. The zero-order valence-corrected chi connectivity index (χ0v) is 31.2. The van der Waals surface area contributed by atoms with Crippen LogP contribution in [0.3, 0.4) is 0 Å². The van der Waals surface area contributed by atoms with E-state index in [-0.39, 0.29) is 36.4 Å². The van der Waals surface area contributed by atoms with Gasteiger partial charge in [0.25, 0.3) is 0 Å². The van der Waals surface area contributed by atoms with E-state index in [1.807, 2.05) is 12.2 Å². The molecule has 0 aromatic rings. The van der Waals surface area contributed by atoms with Crippen molar-refractivity contribution in [2.75, 3.05) is 13.2 Å². The SMILES string of the molecule is CCC1OC2(CCC1C)CC1CC(C/C=C(\C)CC(C)/C=C/C=C3\COC4C(O[Si](C)(C)C(C)(C)C)C(CO)=CC(C(=O)O1)C34O)O2. The Kier molecular flexibility index (Phi) is 10.9. The predicted octanol–water partition coefficient (Wildman–Crippen LogP) is 6.93. The van der Waals surface area contributed by atoms with E-state index in [0.717, 1.165) is 25.7 Å². The number of fused-ring (bicyclic) bond motifs is 2. The molecule has 2 N–H and O–H groups in total. The lowest BCUT2D eigenvalue weighted by Crippen LogP contribution is -2.61. The van der Waals surface area contributed by atoms with Crippen LogP contribution in [0.1, 0.15) is 93.4 Å². The lowest BCUT2D eigenvalue weighted by molar-refractivity contribution is -0.335. The lowest BCUT2D eigenvalue weighted by atomic mass is 9.70. The molecule has 0 saturated carbocycles. The van der Waals surface area contributed by atoms with Gasteiger partial charge in [0.2, 0.25) is 0 Å². The molecule has 0 radical (unpaired) electrons. The van der Waals surface area contributed by atoms with E-state index in [0.29, 0.717) is 36.3 Å². The summed E-state index contributed by atoms with van der Waals surface area (Å²) < 4.78 is 33.1. The minimum absolute atomic E-state index is 0.0812.